The Kier molecular flexibility index (Phi) is 6.66. The second-order valence-electron chi connectivity index (χ2n) is 5.57. The number of hydrogen-bond donors (Lipinski definition) is 1. The molecule has 3 rings (SSSR count). The highest BCUT2D eigenvalue weighted by Crippen LogP contribution is 2.24. The number of ether oxygens (including phenoxy) is 1. The normalized spacial score (nSPS) is 10.7. The van der Waals surface area contributed by atoms with Crippen molar-refractivity contribution >= 4 is 40.9 Å². The molecule has 0 radical (unpaired) electrons. The van der Waals surface area contributed by atoms with Gasteiger partial charge in [0.25, 0.3) is 0 Å². The van der Waals surface area contributed by atoms with Crippen molar-refractivity contribution in [3.05, 3.63) is 81.1 Å². The van der Waals surface area contributed by atoms with Gasteiger partial charge in [-0.3, -0.25) is 4.79 Å². The van der Waals surface area contributed by atoms with E-state index in [2.05, 4.69) is 4.98 Å². The first-order chi connectivity index (χ1) is 13.0. The van der Waals surface area contributed by atoms with Crippen molar-refractivity contribution < 1.29 is 13.9 Å². The zero-order chi connectivity index (χ0) is 19.2. The fourth-order valence-corrected chi connectivity index (χ4v) is 3.37. The Morgan fingerprint density at radius 3 is 2.70 bits per heavy atom. The van der Waals surface area contributed by atoms with Gasteiger partial charge in [-0.15, -0.1) is 23.4 Å². The molecule has 0 atom stereocenters. The number of nitrogens with one attached hydrogen (secondary N) is 1. The van der Waals surface area contributed by atoms with Gasteiger partial charge in [-0.25, -0.2) is 4.79 Å². The smallest absolute Gasteiger partial charge is 0.360 e. The summed E-state index contributed by atoms with van der Waals surface area (Å²) in [6.07, 6.45) is 3.46. The van der Waals surface area contributed by atoms with Crippen LogP contribution in [0.5, 0.6) is 5.75 Å². The van der Waals surface area contributed by atoms with Crippen LogP contribution in [-0.4, -0.2) is 16.8 Å². The van der Waals surface area contributed by atoms with Crippen molar-refractivity contribution in [3.8, 4) is 5.75 Å². The van der Waals surface area contributed by atoms with Crippen LogP contribution in [0.4, 0.5) is 0 Å². The highest BCUT2D eigenvalue weighted by atomic mass is 35.5. The summed E-state index contributed by atoms with van der Waals surface area (Å²) in [4.78, 5) is 28.1. The monoisotopic (exact) mass is 423 g/mol. The van der Waals surface area contributed by atoms with Gasteiger partial charge in [-0.05, 0) is 42.3 Å². The van der Waals surface area contributed by atoms with E-state index in [-0.39, 0.29) is 11.4 Å². The summed E-state index contributed by atoms with van der Waals surface area (Å²) in [5.41, 5.74) is 0.712. The first kappa shape index (κ1) is 19.6. The maximum atomic E-state index is 12.2. The average Bonchev–Trinajstić information content (AvgIpc) is 3.12. The number of carbonyl (C=O) groups excluding carboxylic acids is 1. The lowest BCUT2D eigenvalue weighted by Gasteiger charge is -2.04. The fraction of sp³-hybridized carbons (Fsp3) is 0.158. The average molecular weight is 424 g/mol. The van der Waals surface area contributed by atoms with E-state index >= 15 is 0 Å². The van der Waals surface area contributed by atoms with Gasteiger partial charge in [0.2, 0.25) is 11.2 Å². The van der Waals surface area contributed by atoms with Crippen LogP contribution in [0.1, 0.15) is 21.8 Å². The van der Waals surface area contributed by atoms with Gasteiger partial charge >= 0.3 is 5.97 Å². The van der Waals surface area contributed by atoms with Gasteiger partial charge in [0.05, 0.1) is 5.75 Å². The summed E-state index contributed by atoms with van der Waals surface area (Å²) in [6.45, 7) is 0. The van der Waals surface area contributed by atoms with Crippen LogP contribution in [-0.2, 0) is 12.2 Å². The number of aryl methyl sites for hydroxylation is 1. The van der Waals surface area contributed by atoms with Crippen LogP contribution in [0.3, 0.4) is 0 Å². The summed E-state index contributed by atoms with van der Waals surface area (Å²) in [7, 11) is 0. The largest absolute Gasteiger partial charge is 0.464 e. The maximum absolute atomic E-state index is 12.2. The van der Waals surface area contributed by atoms with Crippen molar-refractivity contribution in [2.45, 2.75) is 17.1 Å². The molecular formula is C19H15Cl2NO4S. The van der Waals surface area contributed by atoms with Gasteiger partial charge in [0.15, 0.2) is 0 Å². The Hall–Kier alpha value is -2.15. The zero-order valence-corrected chi connectivity index (χ0v) is 16.4. The summed E-state index contributed by atoms with van der Waals surface area (Å²) in [6, 6.07) is 10.3. The lowest BCUT2D eigenvalue weighted by molar-refractivity contribution is 0.0723. The van der Waals surface area contributed by atoms with Crippen molar-refractivity contribution in [2.75, 3.05) is 5.88 Å². The maximum Gasteiger partial charge on any atom is 0.360 e. The molecule has 27 heavy (non-hydrogen) atoms. The molecule has 140 valence electrons. The van der Waals surface area contributed by atoms with Crippen LogP contribution < -0.4 is 10.2 Å². The van der Waals surface area contributed by atoms with E-state index in [1.807, 2.05) is 12.1 Å². The fourth-order valence-electron chi connectivity index (χ4n) is 2.24. The van der Waals surface area contributed by atoms with E-state index in [9.17, 15) is 9.59 Å². The molecule has 2 aromatic heterocycles. The summed E-state index contributed by atoms with van der Waals surface area (Å²) in [5.74, 6) is 0.568. The number of aromatic amines is 1. The third-order valence-corrected chi connectivity index (χ3v) is 5.07. The molecule has 1 N–H and O–H groups in total. The third kappa shape index (κ3) is 5.42. The topological polar surface area (TPSA) is 72.3 Å². The number of esters is 1. The minimum atomic E-state index is -0.661. The number of benzene rings is 1. The number of halogens is 2. The highest BCUT2D eigenvalue weighted by molar-refractivity contribution is 7.98. The van der Waals surface area contributed by atoms with E-state index < -0.39 is 11.4 Å². The predicted molar refractivity (Wildman–Crippen MR) is 106 cm³/mol. The van der Waals surface area contributed by atoms with Gasteiger partial charge in [0, 0.05) is 28.1 Å². The summed E-state index contributed by atoms with van der Waals surface area (Å²) < 4.78 is 10.5. The number of hydrogen-bond acceptors (Lipinski definition) is 5. The van der Waals surface area contributed by atoms with E-state index in [4.69, 9.17) is 32.4 Å². The molecule has 0 saturated carbocycles. The molecule has 0 fully saturated rings. The van der Waals surface area contributed by atoms with E-state index in [1.165, 1.54) is 17.8 Å². The molecule has 0 unspecified atom stereocenters. The molecule has 1 aromatic carbocycles. The Labute approximate surface area is 169 Å². The molecule has 0 aliphatic heterocycles. The first-order valence-corrected chi connectivity index (χ1v) is 9.90. The molecule has 8 heteroatoms. The Morgan fingerprint density at radius 1 is 1.22 bits per heavy atom. The minimum absolute atomic E-state index is 0.159. The second kappa shape index (κ2) is 9.17. The van der Waals surface area contributed by atoms with Crippen molar-refractivity contribution in [1.82, 2.24) is 4.98 Å². The Bertz CT molecular complexity index is 982. The summed E-state index contributed by atoms with van der Waals surface area (Å²) in [5, 5.41) is 0.661. The van der Waals surface area contributed by atoms with E-state index in [0.717, 1.165) is 16.7 Å². The molecule has 0 aliphatic rings. The summed E-state index contributed by atoms with van der Waals surface area (Å²) >= 11 is 13.0. The van der Waals surface area contributed by atoms with Crippen LogP contribution >= 0.6 is 35.0 Å². The molecule has 0 aliphatic carbocycles. The molecule has 3 aromatic rings. The van der Waals surface area contributed by atoms with Gasteiger partial charge in [-0.1, -0.05) is 11.6 Å². The predicted octanol–water partition coefficient (Wildman–Crippen LogP) is 4.91. The second-order valence-corrected chi connectivity index (χ2v) is 7.43. The van der Waals surface area contributed by atoms with Crippen LogP contribution in [0.2, 0.25) is 5.02 Å². The first-order valence-electron chi connectivity index (χ1n) is 8.00. The molecule has 0 bridgehead atoms. The zero-order valence-electron chi connectivity index (χ0n) is 14.0. The number of thioether (sulfide) groups is 1. The van der Waals surface area contributed by atoms with Gasteiger partial charge < -0.3 is 14.1 Å². The number of H-pyrrole nitrogens is 1. The molecule has 0 amide bonds. The number of alkyl halides is 1. The molecule has 2 heterocycles. The minimum Gasteiger partial charge on any atom is -0.464 e. The third-order valence-electron chi connectivity index (χ3n) is 3.60. The van der Waals surface area contributed by atoms with E-state index in [0.29, 0.717) is 28.8 Å². The quantitative estimate of drug-likeness (QED) is 0.331. The van der Waals surface area contributed by atoms with E-state index in [1.54, 1.807) is 24.4 Å². The standard InChI is InChI=1S/C19H15Cl2NO4S/c20-6-5-12-7-16(22-9-12)19(24)26-18-10-25-14(8-17(18)23)11-27-15-3-1-13(21)2-4-15/h1-4,7-10,22H,5-6,11H2. The SMILES string of the molecule is O=C(Oc1coc(CSc2ccc(Cl)cc2)cc1=O)c1cc(CCCl)c[nH]1. The van der Waals surface area contributed by atoms with Crippen LogP contribution in [0.15, 0.2) is 63.0 Å². The number of rotatable bonds is 7. The lowest BCUT2D eigenvalue weighted by atomic mass is 10.2. The van der Waals surface area contributed by atoms with Crippen LogP contribution in [0.25, 0.3) is 0 Å². The van der Waals surface area contributed by atoms with Crippen molar-refractivity contribution in [3.63, 3.8) is 0 Å². The number of carbonyl (C=O) groups is 1. The lowest BCUT2D eigenvalue weighted by Crippen LogP contribution is -2.15. The Balaban J connectivity index is 1.62. The van der Waals surface area contributed by atoms with Gasteiger partial charge in [-0.2, -0.15) is 0 Å². The molecular weight excluding hydrogens is 409 g/mol. The molecule has 0 spiro atoms. The molecule has 0 saturated heterocycles. The Morgan fingerprint density at radius 2 is 2.00 bits per heavy atom. The highest BCUT2D eigenvalue weighted by Gasteiger charge is 2.14. The number of aromatic nitrogens is 1. The molecule has 5 nitrogen and oxygen atoms in total. The van der Waals surface area contributed by atoms with Crippen molar-refractivity contribution in [1.29, 1.82) is 0 Å². The van der Waals surface area contributed by atoms with Crippen LogP contribution in [0, 0.1) is 0 Å². The van der Waals surface area contributed by atoms with Gasteiger partial charge in [0.1, 0.15) is 17.7 Å². The van der Waals surface area contributed by atoms with Crippen molar-refractivity contribution in [2.24, 2.45) is 0 Å².